The van der Waals surface area contributed by atoms with Gasteiger partial charge in [-0.25, -0.2) is 0 Å². The van der Waals surface area contributed by atoms with Crippen LogP contribution in [0.4, 0.5) is 17.1 Å². The van der Waals surface area contributed by atoms with Crippen molar-refractivity contribution in [1.29, 1.82) is 0 Å². The molecule has 11 rings (SSSR count). The average molecular weight is 720 g/mol. The Labute approximate surface area is 322 Å². The van der Waals surface area contributed by atoms with Crippen molar-refractivity contribution in [2.45, 2.75) is 0 Å². The van der Waals surface area contributed by atoms with Crippen molar-refractivity contribution in [3.63, 3.8) is 0 Å². The Kier molecular flexibility index (Phi) is 7.39. The molecule has 0 amide bonds. The normalized spacial score (nSPS) is 11.6. The van der Waals surface area contributed by atoms with Gasteiger partial charge in [-0.2, -0.15) is 0 Å². The number of fused-ring (bicyclic) bond motifs is 9. The average Bonchev–Trinajstić information content (AvgIpc) is 3.84. The molecule has 9 aromatic carbocycles. The maximum atomic E-state index is 6.37. The molecule has 0 aliphatic heterocycles. The zero-order valence-corrected chi connectivity index (χ0v) is 30.6. The molecule has 0 atom stereocenters. The zero-order valence-electron chi connectivity index (χ0n) is 29.8. The molecular weight excluding hydrogens is 687 g/mol. The molecule has 0 unspecified atom stereocenters. The molecule has 0 aliphatic rings. The van der Waals surface area contributed by atoms with Crippen LogP contribution < -0.4 is 4.90 Å². The summed E-state index contributed by atoms with van der Waals surface area (Å²) in [7, 11) is 0. The van der Waals surface area contributed by atoms with Gasteiger partial charge in [0, 0.05) is 53.4 Å². The van der Waals surface area contributed by atoms with Crippen LogP contribution in [0.1, 0.15) is 0 Å². The molecule has 2 nitrogen and oxygen atoms in total. The number of thiophene rings is 1. The third-order valence-corrected chi connectivity index (χ3v) is 12.0. The second kappa shape index (κ2) is 12.9. The van der Waals surface area contributed by atoms with Crippen molar-refractivity contribution >= 4 is 81.3 Å². The summed E-state index contributed by atoms with van der Waals surface area (Å²) in [5.41, 5.74) is 12.5. The van der Waals surface area contributed by atoms with Gasteiger partial charge in [-0.1, -0.05) is 140 Å². The van der Waals surface area contributed by atoms with E-state index in [1.54, 1.807) is 0 Å². The van der Waals surface area contributed by atoms with Crippen LogP contribution in [0.15, 0.2) is 205 Å². The van der Waals surface area contributed by atoms with Crippen molar-refractivity contribution in [2.24, 2.45) is 0 Å². The van der Waals surface area contributed by atoms with Crippen LogP contribution in [0, 0.1) is 0 Å². The van der Waals surface area contributed by atoms with E-state index in [1.807, 2.05) is 17.4 Å². The molecule has 2 heterocycles. The van der Waals surface area contributed by atoms with Gasteiger partial charge >= 0.3 is 0 Å². The fourth-order valence-corrected chi connectivity index (χ4v) is 9.53. The van der Waals surface area contributed by atoms with Gasteiger partial charge in [0.1, 0.15) is 11.2 Å². The molecule has 0 fully saturated rings. The molecule has 0 bridgehead atoms. The highest BCUT2D eigenvalue weighted by Gasteiger charge is 2.19. The molecule has 55 heavy (non-hydrogen) atoms. The summed E-state index contributed by atoms with van der Waals surface area (Å²) in [4.78, 5) is 2.34. The topological polar surface area (TPSA) is 16.4 Å². The Morgan fingerprint density at radius 3 is 1.60 bits per heavy atom. The van der Waals surface area contributed by atoms with Crippen LogP contribution >= 0.6 is 11.3 Å². The number of rotatable bonds is 6. The van der Waals surface area contributed by atoms with Gasteiger partial charge in [0.2, 0.25) is 0 Å². The first-order valence-electron chi connectivity index (χ1n) is 18.7. The minimum Gasteiger partial charge on any atom is -0.456 e. The van der Waals surface area contributed by atoms with Gasteiger partial charge in [0.05, 0.1) is 0 Å². The lowest BCUT2D eigenvalue weighted by molar-refractivity contribution is 0.669. The van der Waals surface area contributed by atoms with E-state index in [4.69, 9.17) is 4.42 Å². The molecule has 0 N–H and O–H groups in total. The summed E-state index contributed by atoms with van der Waals surface area (Å²) in [6, 6.07) is 72.0. The van der Waals surface area contributed by atoms with Crippen molar-refractivity contribution in [1.82, 2.24) is 0 Å². The number of furan rings is 1. The van der Waals surface area contributed by atoms with E-state index in [2.05, 4.69) is 199 Å². The standard InChI is InChI=1S/C52H33NOS/c1-3-12-34(13-4-1)41-16-7-8-17-42(41)35-22-28-39(29-23-35)53(38-14-5-2-6-15-38)40-30-24-36(25-31-40)43-19-11-21-47-51(43)52-48(55-47)33-27-37-26-32-46-50(49(37)52)44-18-9-10-20-45(44)54-46/h1-33H. The van der Waals surface area contributed by atoms with Crippen LogP contribution in [-0.4, -0.2) is 0 Å². The van der Waals surface area contributed by atoms with Gasteiger partial charge in [0.25, 0.3) is 0 Å². The van der Waals surface area contributed by atoms with E-state index >= 15 is 0 Å². The Bertz CT molecular complexity index is 3170. The first kappa shape index (κ1) is 31.6. The number of nitrogens with zero attached hydrogens (tertiary/aromatic N) is 1. The Hall–Kier alpha value is -6.94. The van der Waals surface area contributed by atoms with Crippen LogP contribution in [0.2, 0.25) is 0 Å². The molecule has 2 aromatic heterocycles. The molecule has 258 valence electrons. The summed E-state index contributed by atoms with van der Waals surface area (Å²) in [6.45, 7) is 0. The molecule has 0 saturated heterocycles. The van der Waals surface area contributed by atoms with E-state index in [0.717, 1.165) is 33.6 Å². The van der Waals surface area contributed by atoms with E-state index in [9.17, 15) is 0 Å². The number of anilines is 3. The third kappa shape index (κ3) is 5.24. The fourth-order valence-electron chi connectivity index (χ4n) is 8.39. The minimum atomic E-state index is 0.923. The quantitative estimate of drug-likeness (QED) is 0.170. The lowest BCUT2D eigenvalue weighted by Crippen LogP contribution is -2.09. The first-order valence-corrected chi connectivity index (χ1v) is 19.5. The molecule has 3 heteroatoms. The smallest absolute Gasteiger partial charge is 0.136 e. The van der Waals surface area contributed by atoms with Gasteiger partial charge in [0.15, 0.2) is 0 Å². The van der Waals surface area contributed by atoms with Gasteiger partial charge < -0.3 is 9.32 Å². The molecule has 0 radical (unpaired) electrons. The van der Waals surface area contributed by atoms with Crippen LogP contribution in [0.25, 0.3) is 86.3 Å². The van der Waals surface area contributed by atoms with E-state index in [-0.39, 0.29) is 0 Å². The van der Waals surface area contributed by atoms with Crippen molar-refractivity contribution < 1.29 is 4.42 Å². The highest BCUT2D eigenvalue weighted by Crippen LogP contribution is 2.47. The van der Waals surface area contributed by atoms with E-state index < -0.39 is 0 Å². The molecule has 0 aliphatic carbocycles. The number of hydrogen-bond acceptors (Lipinski definition) is 3. The predicted octanol–water partition coefficient (Wildman–Crippen LogP) is 15.6. The summed E-state index contributed by atoms with van der Waals surface area (Å²) in [5, 5.41) is 7.44. The van der Waals surface area contributed by atoms with E-state index in [0.29, 0.717) is 0 Å². The van der Waals surface area contributed by atoms with Gasteiger partial charge in [-0.05, 0) is 99.4 Å². The first-order chi connectivity index (χ1) is 27.3. The van der Waals surface area contributed by atoms with Gasteiger partial charge in [-0.15, -0.1) is 11.3 Å². The summed E-state index contributed by atoms with van der Waals surface area (Å²) >= 11 is 1.86. The minimum absolute atomic E-state index is 0.923. The fraction of sp³-hybridized carbons (Fsp3) is 0. The number of para-hydroxylation sites is 2. The highest BCUT2D eigenvalue weighted by molar-refractivity contribution is 7.26. The van der Waals surface area contributed by atoms with E-state index in [1.165, 1.54) is 69.7 Å². The molecular formula is C52H33NOS. The number of benzene rings is 9. The lowest BCUT2D eigenvalue weighted by atomic mass is 9.94. The highest BCUT2D eigenvalue weighted by atomic mass is 32.1. The van der Waals surface area contributed by atoms with Crippen LogP contribution in [0.3, 0.4) is 0 Å². The second-order valence-corrected chi connectivity index (χ2v) is 15.1. The molecule has 11 aromatic rings. The van der Waals surface area contributed by atoms with Crippen LogP contribution in [0.5, 0.6) is 0 Å². The maximum Gasteiger partial charge on any atom is 0.136 e. The van der Waals surface area contributed by atoms with Crippen molar-refractivity contribution in [3.8, 4) is 33.4 Å². The molecule has 0 saturated carbocycles. The largest absolute Gasteiger partial charge is 0.456 e. The molecule has 0 spiro atoms. The van der Waals surface area contributed by atoms with Crippen molar-refractivity contribution in [2.75, 3.05) is 4.90 Å². The number of hydrogen-bond donors (Lipinski definition) is 0. The lowest BCUT2D eigenvalue weighted by Gasteiger charge is -2.26. The predicted molar refractivity (Wildman–Crippen MR) is 235 cm³/mol. The van der Waals surface area contributed by atoms with Crippen LogP contribution in [-0.2, 0) is 0 Å². The van der Waals surface area contributed by atoms with Crippen molar-refractivity contribution in [3.05, 3.63) is 200 Å². The Morgan fingerprint density at radius 2 is 0.873 bits per heavy atom. The summed E-state index contributed by atoms with van der Waals surface area (Å²) < 4.78 is 8.95. The Balaban J connectivity index is 1.03. The zero-order chi connectivity index (χ0) is 36.3. The summed E-state index contributed by atoms with van der Waals surface area (Å²) in [5.74, 6) is 0. The SMILES string of the molecule is c1ccc(-c2ccccc2-c2ccc(N(c3ccccc3)c3ccc(-c4cccc5sc6ccc7ccc8oc9ccccc9c8c7c6c45)cc3)cc2)cc1. The van der Waals surface area contributed by atoms with Gasteiger partial charge in [-0.3, -0.25) is 0 Å². The maximum absolute atomic E-state index is 6.37. The Morgan fingerprint density at radius 1 is 0.327 bits per heavy atom. The second-order valence-electron chi connectivity index (χ2n) is 14.0. The third-order valence-electron chi connectivity index (χ3n) is 10.9. The summed E-state index contributed by atoms with van der Waals surface area (Å²) in [6.07, 6.45) is 0. The monoisotopic (exact) mass is 719 g/mol.